The van der Waals surface area contributed by atoms with Gasteiger partial charge in [-0.05, 0) is 54.3 Å². The van der Waals surface area contributed by atoms with E-state index < -0.39 is 0 Å². The molecule has 1 N–H and O–H groups in total. The molecular weight excluding hydrogens is 439 g/mol. The molecule has 0 unspecified atom stereocenters. The van der Waals surface area contributed by atoms with E-state index in [9.17, 15) is 9.18 Å². The minimum absolute atomic E-state index is 0.140. The Labute approximate surface area is 196 Å². The number of halogens is 1. The molecule has 0 saturated carbocycles. The number of rotatable bonds is 9. The van der Waals surface area contributed by atoms with E-state index in [4.69, 9.17) is 4.42 Å². The largest absolute Gasteiger partial charge is 0.467 e. The standard InChI is InChI=1S/C25H25FN4O2S/c1-3-17(2)18-10-12-19(13-11-18)27-23(31)16-33-25-29-28-24(21-8-4-5-9-22(21)26)30(25)15-20-7-6-14-32-20/h4-14,17H,3,15-16H2,1-2H3,(H,27,31)/t17-/m0/s1. The van der Waals surface area contributed by atoms with Gasteiger partial charge in [-0.3, -0.25) is 9.36 Å². The summed E-state index contributed by atoms with van der Waals surface area (Å²) in [4.78, 5) is 12.6. The van der Waals surface area contributed by atoms with E-state index in [1.165, 1.54) is 23.4 Å². The Morgan fingerprint density at radius 3 is 2.61 bits per heavy atom. The van der Waals surface area contributed by atoms with Gasteiger partial charge in [0.05, 0.1) is 24.1 Å². The van der Waals surface area contributed by atoms with Crippen molar-refractivity contribution >= 4 is 23.4 Å². The van der Waals surface area contributed by atoms with Gasteiger partial charge in [-0.25, -0.2) is 4.39 Å². The summed E-state index contributed by atoms with van der Waals surface area (Å²) in [5, 5.41) is 11.8. The van der Waals surface area contributed by atoms with Gasteiger partial charge in [0.2, 0.25) is 5.91 Å². The Kier molecular flexibility index (Phi) is 7.24. The number of aromatic nitrogens is 3. The maximum atomic E-state index is 14.4. The molecule has 0 aliphatic rings. The fourth-order valence-electron chi connectivity index (χ4n) is 3.40. The van der Waals surface area contributed by atoms with Crippen molar-refractivity contribution in [3.63, 3.8) is 0 Å². The third-order valence-corrected chi connectivity index (χ3v) is 6.40. The zero-order valence-corrected chi connectivity index (χ0v) is 19.3. The molecule has 2 heterocycles. The lowest BCUT2D eigenvalue weighted by Crippen LogP contribution is -2.15. The number of carbonyl (C=O) groups is 1. The molecule has 4 rings (SSSR count). The van der Waals surface area contributed by atoms with Crippen LogP contribution in [0.1, 0.15) is 37.5 Å². The van der Waals surface area contributed by atoms with Crippen molar-refractivity contribution in [3.8, 4) is 11.4 Å². The van der Waals surface area contributed by atoms with E-state index >= 15 is 0 Å². The van der Waals surface area contributed by atoms with Crippen LogP contribution < -0.4 is 5.32 Å². The molecule has 8 heteroatoms. The first-order chi connectivity index (χ1) is 16.0. The smallest absolute Gasteiger partial charge is 0.234 e. The number of furan rings is 1. The Balaban J connectivity index is 1.48. The molecule has 4 aromatic rings. The van der Waals surface area contributed by atoms with Crippen LogP contribution in [0.25, 0.3) is 11.4 Å². The number of carbonyl (C=O) groups excluding carboxylic acids is 1. The number of nitrogens with one attached hydrogen (secondary N) is 1. The zero-order valence-electron chi connectivity index (χ0n) is 18.5. The van der Waals surface area contributed by atoms with E-state index in [0.29, 0.717) is 34.8 Å². The van der Waals surface area contributed by atoms with Crippen LogP contribution in [0.3, 0.4) is 0 Å². The van der Waals surface area contributed by atoms with Gasteiger partial charge in [-0.1, -0.05) is 49.9 Å². The first-order valence-electron chi connectivity index (χ1n) is 10.8. The summed E-state index contributed by atoms with van der Waals surface area (Å²) in [7, 11) is 0. The summed E-state index contributed by atoms with van der Waals surface area (Å²) in [5.41, 5.74) is 2.34. The Hall–Kier alpha value is -3.39. The monoisotopic (exact) mass is 464 g/mol. The van der Waals surface area contributed by atoms with Crippen molar-refractivity contribution in [2.75, 3.05) is 11.1 Å². The highest BCUT2D eigenvalue weighted by atomic mass is 32.2. The molecule has 0 bridgehead atoms. The maximum Gasteiger partial charge on any atom is 0.234 e. The molecule has 2 aromatic carbocycles. The number of amides is 1. The SMILES string of the molecule is CC[C@H](C)c1ccc(NC(=O)CSc2nnc(-c3ccccc3F)n2Cc2ccco2)cc1. The topological polar surface area (TPSA) is 73.0 Å². The van der Waals surface area contributed by atoms with Crippen LogP contribution in [-0.2, 0) is 11.3 Å². The molecule has 0 spiro atoms. The lowest BCUT2D eigenvalue weighted by atomic mass is 9.99. The maximum absolute atomic E-state index is 14.4. The minimum atomic E-state index is -0.388. The third kappa shape index (κ3) is 5.51. The summed E-state index contributed by atoms with van der Waals surface area (Å²) in [6.07, 6.45) is 2.64. The molecule has 1 amide bonds. The molecule has 170 valence electrons. The van der Waals surface area contributed by atoms with Gasteiger partial charge in [0.25, 0.3) is 0 Å². The fraction of sp³-hybridized carbons (Fsp3) is 0.240. The normalized spacial score (nSPS) is 12.0. The predicted octanol–water partition coefficient (Wildman–Crippen LogP) is 5.97. The quantitative estimate of drug-likeness (QED) is 0.309. The molecule has 0 saturated heterocycles. The summed E-state index contributed by atoms with van der Waals surface area (Å²) in [6.45, 7) is 4.66. The van der Waals surface area contributed by atoms with Crippen LogP contribution >= 0.6 is 11.8 Å². The van der Waals surface area contributed by atoms with Crippen LogP contribution in [-0.4, -0.2) is 26.4 Å². The van der Waals surface area contributed by atoms with Crippen LogP contribution in [0.2, 0.25) is 0 Å². The Morgan fingerprint density at radius 1 is 1.12 bits per heavy atom. The number of hydrogen-bond donors (Lipinski definition) is 1. The van der Waals surface area contributed by atoms with Gasteiger partial charge >= 0.3 is 0 Å². The predicted molar refractivity (Wildman–Crippen MR) is 128 cm³/mol. The zero-order chi connectivity index (χ0) is 23.2. The number of nitrogens with zero attached hydrogens (tertiary/aromatic N) is 3. The molecular formula is C25H25FN4O2S. The lowest BCUT2D eigenvalue weighted by Gasteiger charge is -2.11. The number of benzene rings is 2. The minimum Gasteiger partial charge on any atom is -0.467 e. The first kappa shape index (κ1) is 22.8. The Morgan fingerprint density at radius 2 is 1.91 bits per heavy atom. The van der Waals surface area contributed by atoms with Crippen LogP contribution in [0.15, 0.2) is 76.5 Å². The molecule has 0 aliphatic heterocycles. The Bertz CT molecular complexity index is 1210. The molecule has 1 atom stereocenters. The first-order valence-corrected chi connectivity index (χ1v) is 11.8. The average molecular weight is 465 g/mol. The molecule has 0 aliphatic carbocycles. The number of thioether (sulfide) groups is 1. The molecule has 2 aromatic heterocycles. The highest BCUT2D eigenvalue weighted by molar-refractivity contribution is 7.99. The second-order valence-corrected chi connectivity index (χ2v) is 8.66. The van der Waals surface area contributed by atoms with Crippen LogP contribution in [0, 0.1) is 5.82 Å². The van der Waals surface area contributed by atoms with E-state index in [1.54, 1.807) is 35.1 Å². The summed E-state index contributed by atoms with van der Waals surface area (Å²) in [5.74, 6) is 1.14. The summed E-state index contributed by atoms with van der Waals surface area (Å²) >= 11 is 1.24. The second kappa shape index (κ2) is 10.5. The fourth-order valence-corrected chi connectivity index (χ4v) is 4.13. The highest BCUT2D eigenvalue weighted by Crippen LogP contribution is 2.27. The molecule has 33 heavy (non-hydrogen) atoms. The van der Waals surface area contributed by atoms with Crippen molar-refractivity contribution in [2.45, 2.75) is 37.9 Å². The second-order valence-electron chi connectivity index (χ2n) is 7.72. The van der Waals surface area contributed by atoms with Gasteiger partial charge < -0.3 is 9.73 Å². The van der Waals surface area contributed by atoms with E-state index in [-0.39, 0.29) is 17.5 Å². The van der Waals surface area contributed by atoms with E-state index in [0.717, 1.165) is 12.1 Å². The summed E-state index contributed by atoms with van der Waals surface area (Å²) in [6, 6.07) is 17.9. The lowest BCUT2D eigenvalue weighted by molar-refractivity contribution is -0.113. The van der Waals surface area contributed by atoms with Crippen molar-refractivity contribution in [1.82, 2.24) is 14.8 Å². The van der Waals surface area contributed by atoms with Gasteiger partial charge in [0.1, 0.15) is 11.6 Å². The molecule has 0 radical (unpaired) electrons. The van der Waals surface area contributed by atoms with Crippen molar-refractivity contribution in [2.24, 2.45) is 0 Å². The summed E-state index contributed by atoms with van der Waals surface area (Å²) < 4.78 is 21.6. The van der Waals surface area contributed by atoms with Crippen LogP contribution in [0.5, 0.6) is 0 Å². The van der Waals surface area contributed by atoms with Gasteiger partial charge in [0, 0.05) is 5.69 Å². The molecule has 6 nitrogen and oxygen atoms in total. The van der Waals surface area contributed by atoms with E-state index in [2.05, 4.69) is 29.4 Å². The van der Waals surface area contributed by atoms with Gasteiger partial charge in [-0.15, -0.1) is 10.2 Å². The van der Waals surface area contributed by atoms with Crippen molar-refractivity contribution < 1.29 is 13.6 Å². The van der Waals surface area contributed by atoms with Gasteiger partial charge in [-0.2, -0.15) is 0 Å². The van der Waals surface area contributed by atoms with Gasteiger partial charge in [0.15, 0.2) is 11.0 Å². The van der Waals surface area contributed by atoms with Crippen molar-refractivity contribution in [1.29, 1.82) is 0 Å². The van der Waals surface area contributed by atoms with Crippen molar-refractivity contribution in [3.05, 3.63) is 84.1 Å². The number of anilines is 1. The van der Waals surface area contributed by atoms with E-state index in [1.807, 2.05) is 30.3 Å². The highest BCUT2D eigenvalue weighted by Gasteiger charge is 2.19. The van der Waals surface area contributed by atoms with Crippen LogP contribution in [0.4, 0.5) is 10.1 Å². The number of hydrogen-bond acceptors (Lipinski definition) is 5. The third-order valence-electron chi connectivity index (χ3n) is 5.43. The molecule has 0 fully saturated rings. The average Bonchev–Trinajstić information content (AvgIpc) is 3.48.